The Morgan fingerprint density at radius 3 is 2.51 bits per heavy atom. The number of methoxy groups -OCH3 is 3. The number of aryl methyl sites for hydroxylation is 1. The number of hydrogen-bond acceptors (Lipinski definition) is 10. The van der Waals surface area contributed by atoms with Crippen molar-refractivity contribution in [2.45, 2.75) is 30.4 Å². The van der Waals surface area contributed by atoms with E-state index in [4.69, 9.17) is 14.2 Å². The van der Waals surface area contributed by atoms with Gasteiger partial charge in [0.15, 0.2) is 16.9 Å². The number of nitrogens with zero attached hydrogens (tertiary/aromatic N) is 2. The molecular formula is C29H27N3O8S. The van der Waals surface area contributed by atoms with Gasteiger partial charge in [-0.05, 0) is 77.7 Å². The summed E-state index contributed by atoms with van der Waals surface area (Å²) in [6.07, 6.45) is 2.76. The number of benzene rings is 2. The molecule has 0 fully saturated rings. The van der Waals surface area contributed by atoms with Crippen LogP contribution in [0.3, 0.4) is 0 Å². The van der Waals surface area contributed by atoms with Crippen molar-refractivity contribution < 1.29 is 28.9 Å². The molecule has 0 spiro atoms. The third-order valence-corrected chi connectivity index (χ3v) is 7.62. The van der Waals surface area contributed by atoms with E-state index < -0.39 is 23.6 Å². The van der Waals surface area contributed by atoms with E-state index in [9.17, 15) is 25.0 Å². The molecule has 212 valence electrons. The highest BCUT2D eigenvalue weighted by atomic mass is 32.2. The molecule has 1 aliphatic rings. The predicted molar refractivity (Wildman–Crippen MR) is 151 cm³/mol. The fraction of sp³-hybridized carbons (Fsp3) is 0.276. The summed E-state index contributed by atoms with van der Waals surface area (Å²) in [6, 6.07) is 12.6. The molecule has 0 unspecified atom stereocenters. The molecule has 0 bridgehead atoms. The highest BCUT2D eigenvalue weighted by Crippen LogP contribution is 2.50. The molecule has 1 aliphatic carbocycles. The molecule has 0 saturated heterocycles. The van der Waals surface area contributed by atoms with Gasteiger partial charge < -0.3 is 24.4 Å². The number of carbonyl (C=O) groups is 1. The average Bonchev–Trinajstić information content (AvgIpc) is 3.22. The fourth-order valence-corrected chi connectivity index (χ4v) is 5.41. The Kier molecular flexibility index (Phi) is 8.99. The average molecular weight is 578 g/mol. The zero-order chi connectivity index (χ0) is 29.7. The number of hydrogen-bond donors (Lipinski definition) is 1. The van der Waals surface area contributed by atoms with E-state index in [2.05, 4.69) is 10.2 Å². The molecule has 0 aromatic heterocycles. The van der Waals surface area contributed by atoms with Crippen molar-refractivity contribution in [1.29, 1.82) is 5.26 Å². The number of ether oxygens (including phenoxy) is 3. The summed E-state index contributed by atoms with van der Waals surface area (Å²) < 4.78 is 17.0. The topological polar surface area (TPSA) is 150 Å². The number of nitrogens with one attached hydrogen (secondary N) is 1. The Labute approximate surface area is 240 Å². The van der Waals surface area contributed by atoms with Gasteiger partial charge in [0.2, 0.25) is 5.75 Å². The summed E-state index contributed by atoms with van der Waals surface area (Å²) >= 11 is 1.32. The minimum atomic E-state index is -0.963. The van der Waals surface area contributed by atoms with Gasteiger partial charge in [-0.25, -0.2) is 0 Å². The normalized spacial score (nSPS) is 13.5. The summed E-state index contributed by atoms with van der Waals surface area (Å²) in [7, 11) is 4.58. The summed E-state index contributed by atoms with van der Waals surface area (Å²) in [5, 5.41) is 22.1. The molecule has 3 aromatic carbocycles. The first kappa shape index (κ1) is 29.2. The Morgan fingerprint density at radius 1 is 1.12 bits per heavy atom. The van der Waals surface area contributed by atoms with E-state index in [-0.39, 0.29) is 22.1 Å². The molecule has 1 atom stereocenters. The van der Waals surface area contributed by atoms with Gasteiger partial charge in [0.05, 0.1) is 43.9 Å². The van der Waals surface area contributed by atoms with Crippen LogP contribution in [0.4, 0.5) is 0 Å². The lowest BCUT2D eigenvalue weighted by atomic mass is 9.95. The first-order chi connectivity index (χ1) is 19.8. The van der Waals surface area contributed by atoms with Crippen LogP contribution in [0.2, 0.25) is 0 Å². The number of amides is 1. The van der Waals surface area contributed by atoms with E-state index in [0.717, 1.165) is 11.1 Å². The number of carbonyl (C=O) groups excluding carboxylic acids is 1. The number of rotatable bonds is 9. The number of nitriles is 1. The maximum atomic E-state index is 13.5. The van der Waals surface area contributed by atoms with Gasteiger partial charge in [0, 0.05) is 11.1 Å². The molecule has 12 heteroatoms. The number of thioether (sulfide) groups is 1. The molecule has 0 radical (unpaired) electrons. The molecule has 0 saturated carbocycles. The highest BCUT2D eigenvalue weighted by Gasteiger charge is 2.30. The van der Waals surface area contributed by atoms with E-state index in [1.54, 1.807) is 6.07 Å². The van der Waals surface area contributed by atoms with Crippen molar-refractivity contribution in [3.63, 3.8) is 0 Å². The Bertz CT molecular complexity index is 1620. The third-order valence-electron chi connectivity index (χ3n) is 6.84. The quantitative estimate of drug-likeness (QED) is 0.219. The Balaban J connectivity index is 1.84. The summed E-state index contributed by atoms with van der Waals surface area (Å²) in [5.41, 5.74) is 3.25. The molecular weight excluding hydrogens is 550 g/mol. The third kappa shape index (κ3) is 5.90. The zero-order valence-electron chi connectivity index (χ0n) is 22.8. The Hall–Kier alpha value is -4.76. The smallest absolute Gasteiger partial charge is 0.294 e. The van der Waals surface area contributed by atoms with Crippen LogP contribution in [-0.2, 0) is 17.9 Å². The van der Waals surface area contributed by atoms with Crippen LogP contribution in [0, 0.1) is 21.4 Å². The standard InChI is InChI=1S/C29H27N3O8S/c1-37-24-12-16-7-9-22(31-29(34)17-5-6-18(14-30)19(11-17)15-40-32(35)36)21-13-23(33)25(41-4)10-8-20(21)26(16)28(39-3)27(24)38-2/h5-6,8,10-13,22H,7,9,15H2,1-4H3,(H,31,34)/t22-/m0/s1. The van der Waals surface area contributed by atoms with Gasteiger partial charge in [-0.2, -0.15) is 5.26 Å². The fourth-order valence-electron chi connectivity index (χ4n) is 4.94. The van der Waals surface area contributed by atoms with Crippen LogP contribution in [0.15, 0.2) is 52.2 Å². The van der Waals surface area contributed by atoms with E-state index in [0.29, 0.717) is 46.1 Å². The van der Waals surface area contributed by atoms with E-state index >= 15 is 0 Å². The van der Waals surface area contributed by atoms with Crippen molar-refractivity contribution in [3.8, 4) is 34.4 Å². The molecule has 1 N–H and O–H groups in total. The minimum Gasteiger partial charge on any atom is -0.493 e. The lowest BCUT2D eigenvalue weighted by molar-refractivity contribution is -0.763. The van der Waals surface area contributed by atoms with Gasteiger partial charge in [0.25, 0.3) is 11.0 Å². The maximum Gasteiger partial charge on any atom is 0.294 e. The summed E-state index contributed by atoms with van der Waals surface area (Å²) in [4.78, 5) is 42.3. The van der Waals surface area contributed by atoms with Crippen LogP contribution in [0.5, 0.6) is 17.2 Å². The van der Waals surface area contributed by atoms with Gasteiger partial charge in [0.1, 0.15) is 6.61 Å². The maximum absolute atomic E-state index is 13.5. The van der Waals surface area contributed by atoms with E-state index in [1.807, 2.05) is 24.5 Å². The molecule has 4 rings (SSSR count). The Morgan fingerprint density at radius 2 is 1.88 bits per heavy atom. The van der Waals surface area contributed by atoms with Gasteiger partial charge in [-0.3, -0.25) is 9.59 Å². The highest BCUT2D eigenvalue weighted by molar-refractivity contribution is 7.98. The summed E-state index contributed by atoms with van der Waals surface area (Å²) in [5.74, 6) is 0.860. The second kappa shape index (κ2) is 12.6. The van der Waals surface area contributed by atoms with E-state index in [1.165, 1.54) is 57.4 Å². The van der Waals surface area contributed by atoms with Crippen molar-refractivity contribution in [2.24, 2.45) is 0 Å². The first-order valence-electron chi connectivity index (χ1n) is 12.4. The lowest BCUT2D eigenvalue weighted by Gasteiger charge is -2.20. The molecule has 11 nitrogen and oxygen atoms in total. The first-order valence-corrected chi connectivity index (χ1v) is 13.6. The van der Waals surface area contributed by atoms with Crippen molar-refractivity contribution >= 4 is 17.7 Å². The molecule has 1 amide bonds. The largest absolute Gasteiger partial charge is 0.493 e. The van der Waals surface area contributed by atoms with Gasteiger partial charge in [-0.15, -0.1) is 21.9 Å². The molecule has 41 heavy (non-hydrogen) atoms. The molecule has 3 aromatic rings. The second-order valence-corrected chi connectivity index (χ2v) is 9.85. The summed E-state index contributed by atoms with van der Waals surface area (Å²) in [6.45, 7) is -0.477. The molecule has 0 aliphatic heterocycles. The van der Waals surface area contributed by atoms with Crippen molar-refractivity contribution in [2.75, 3.05) is 27.6 Å². The van der Waals surface area contributed by atoms with Crippen LogP contribution >= 0.6 is 11.8 Å². The van der Waals surface area contributed by atoms with Gasteiger partial charge in [-0.1, -0.05) is 6.07 Å². The van der Waals surface area contributed by atoms with Crippen LogP contribution in [0.1, 0.15) is 45.1 Å². The predicted octanol–water partition coefficient (Wildman–Crippen LogP) is 4.46. The number of fused-ring (bicyclic) bond motifs is 3. The second-order valence-electron chi connectivity index (χ2n) is 9.00. The van der Waals surface area contributed by atoms with Crippen LogP contribution in [-0.4, -0.2) is 38.6 Å². The van der Waals surface area contributed by atoms with Crippen molar-refractivity contribution in [1.82, 2.24) is 5.32 Å². The van der Waals surface area contributed by atoms with Crippen LogP contribution in [0.25, 0.3) is 11.1 Å². The van der Waals surface area contributed by atoms with Crippen LogP contribution < -0.4 is 25.0 Å². The minimum absolute atomic E-state index is 0.154. The monoisotopic (exact) mass is 577 g/mol. The zero-order valence-corrected chi connectivity index (χ0v) is 23.6. The SMILES string of the molecule is COc1cc2c(c(OC)c1OC)-c1ccc(SC)c(=O)cc1[C@@H](NC(=O)c1ccc(C#N)c(CO[N+](=O)[O-])c1)CC2. The van der Waals surface area contributed by atoms with Crippen molar-refractivity contribution in [3.05, 3.63) is 90.6 Å². The lowest BCUT2D eigenvalue weighted by Crippen LogP contribution is -2.29. The van der Waals surface area contributed by atoms with Gasteiger partial charge >= 0.3 is 0 Å². The molecule has 0 heterocycles.